The number of benzene rings is 1. The molecule has 6 heterocycles. The molecule has 16 heteroatoms. The maximum Gasteiger partial charge on any atom is 0.324 e. The number of aliphatic hydroxyl groups excluding tert-OH is 1. The number of methoxy groups -OCH3 is 1. The van der Waals surface area contributed by atoms with E-state index in [0.717, 1.165) is 70.8 Å². The van der Waals surface area contributed by atoms with E-state index in [2.05, 4.69) is 80.8 Å². The molecule has 2 unspecified atom stereocenters. The molecule has 1 aliphatic carbocycles. The van der Waals surface area contributed by atoms with Crippen molar-refractivity contribution in [2.24, 2.45) is 18.4 Å². The molecule has 1 amide bonds. The molecule has 4 N–H and O–H groups in total. The molecule has 4 aliphatic rings. The minimum absolute atomic E-state index is 0.0501. The second-order valence-corrected chi connectivity index (χ2v) is 18.3. The number of hydrogen-bond acceptors (Lipinski definition) is 12. The molecule has 8 rings (SSSR count). The Kier molecular flexibility index (Phi) is 11.3. The molecular formula is C43H57N10O5Si. The Morgan fingerprint density at radius 3 is 2.66 bits per heavy atom. The predicted octanol–water partition coefficient (Wildman–Crippen LogP) is 3.15. The Bertz CT molecular complexity index is 2280. The van der Waals surface area contributed by atoms with Gasteiger partial charge in [0, 0.05) is 98.8 Å². The number of anilines is 1. The van der Waals surface area contributed by atoms with Crippen molar-refractivity contribution in [3.8, 4) is 22.6 Å². The summed E-state index contributed by atoms with van der Waals surface area (Å²) in [5.41, 5.74) is 10.4. The van der Waals surface area contributed by atoms with E-state index in [1.807, 2.05) is 33.2 Å². The highest BCUT2D eigenvalue weighted by Crippen LogP contribution is 2.43. The average Bonchev–Trinajstić information content (AvgIpc) is 3.76. The third kappa shape index (κ3) is 8.10. The van der Waals surface area contributed by atoms with Crippen LogP contribution < -0.4 is 21.0 Å². The highest BCUT2D eigenvalue weighted by Gasteiger charge is 2.44. The number of allylic oxidation sites excluding steroid dienone is 1. The number of amides is 1. The van der Waals surface area contributed by atoms with Crippen LogP contribution in [0.3, 0.4) is 0 Å². The van der Waals surface area contributed by atoms with Crippen molar-refractivity contribution in [3.05, 3.63) is 59.2 Å². The third-order valence-electron chi connectivity index (χ3n) is 12.3. The van der Waals surface area contributed by atoms with Gasteiger partial charge in [0.2, 0.25) is 5.91 Å². The number of hydrazine groups is 1. The lowest BCUT2D eigenvalue weighted by atomic mass is 9.84. The number of hydrogen-bond donors (Lipinski definition) is 4. The summed E-state index contributed by atoms with van der Waals surface area (Å²) in [7, 11) is 7.40. The van der Waals surface area contributed by atoms with Crippen molar-refractivity contribution in [3.63, 3.8) is 0 Å². The standard InChI is InChI=1S/C43H57N10O5Si/c1-8-52-34-12-11-27-19-30(34)32(37(52)31-20-28(51-16-13-44-14-17-51)23-45-36(31)26(3)57-7)21-42(4,5)24-58-40(55)33-10-9-15-53(48-33)41(56)43(59,47-39(54)29-18-25(29)2)22-35-46-38(27)50(6)49-35/h11-12,18-20,23,25-26,33,41,44,48,56H,8-10,13-17,21-22,24H2,1-7H3,(H,47,54)/t25-,26-,33-,41?,43+/m0/s1. The first-order valence-electron chi connectivity index (χ1n) is 20.9. The van der Waals surface area contributed by atoms with Crippen molar-refractivity contribution in [2.45, 2.75) is 90.4 Å². The Balaban J connectivity index is 1.30. The third-order valence-corrected chi connectivity index (χ3v) is 12.8. The maximum absolute atomic E-state index is 13.9. The van der Waals surface area contributed by atoms with Gasteiger partial charge < -0.3 is 34.7 Å². The first-order chi connectivity index (χ1) is 28.2. The second kappa shape index (κ2) is 16.2. The quantitative estimate of drug-likeness (QED) is 0.160. The van der Waals surface area contributed by atoms with Crippen molar-refractivity contribution in [1.82, 2.24) is 45.4 Å². The SMILES string of the molecule is CCn1c(-c2cc(N3CCNCC3)cnc2[C@H](C)OC)c2c3cc(ccc31)-c1nc(nn1C)C[C@]([Si])(NC(=O)C1=C[C@@H]1C)C(O)N1CCC[C@H](N1)C(=O)OCC(C)(C)C2. The summed E-state index contributed by atoms with van der Waals surface area (Å²) in [4.78, 5) is 39.8. The van der Waals surface area contributed by atoms with Crippen LogP contribution in [0.5, 0.6) is 0 Å². The van der Waals surface area contributed by atoms with Gasteiger partial charge in [-0.15, -0.1) is 0 Å². The zero-order chi connectivity index (χ0) is 41.8. The number of ether oxygens (including phenoxy) is 2. The lowest BCUT2D eigenvalue weighted by Crippen LogP contribution is -2.69. The summed E-state index contributed by atoms with van der Waals surface area (Å²) in [5.74, 6) is 0.448. The number of pyridine rings is 1. The zero-order valence-corrected chi connectivity index (χ0v) is 36.3. The molecule has 6 bridgehead atoms. The fourth-order valence-corrected chi connectivity index (χ4v) is 9.30. The molecule has 0 spiro atoms. The van der Waals surface area contributed by atoms with Gasteiger partial charge in [0.15, 0.2) is 11.6 Å². The Morgan fingerprint density at radius 1 is 1.19 bits per heavy atom. The van der Waals surface area contributed by atoms with Gasteiger partial charge in [0.05, 0.1) is 51.4 Å². The fourth-order valence-electron chi connectivity index (χ4n) is 8.88. The number of fused-ring (bicyclic) bond motifs is 6. The van der Waals surface area contributed by atoms with E-state index in [1.165, 1.54) is 0 Å². The summed E-state index contributed by atoms with van der Waals surface area (Å²) in [6.45, 7) is 15.3. The lowest BCUT2D eigenvalue weighted by Gasteiger charge is -2.44. The van der Waals surface area contributed by atoms with E-state index in [0.29, 0.717) is 49.6 Å². The minimum atomic E-state index is -1.42. The van der Waals surface area contributed by atoms with Crippen molar-refractivity contribution >= 4 is 38.7 Å². The van der Waals surface area contributed by atoms with Gasteiger partial charge in [0.1, 0.15) is 12.3 Å². The molecule has 6 atom stereocenters. The van der Waals surface area contributed by atoms with E-state index < -0.39 is 28.8 Å². The van der Waals surface area contributed by atoms with Crippen LogP contribution in [0.15, 0.2) is 42.1 Å². The van der Waals surface area contributed by atoms with Crippen molar-refractivity contribution < 1.29 is 24.2 Å². The van der Waals surface area contributed by atoms with Crippen molar-refractivity contribution in [2.75, 3.05) is 51.3 Å². The van der Waals surface area contributed by atoms with Crippen LogP contribution in [-0.4, -0.2) is 120 Å². The Morgan fingerprint density at radius 2 is 1.95 bits per heavy atom. The number of carbonyl (C=O) groups excluding carboxylic acids is 2. The first-order valence-corrected chi connectivity index (χ1v) is 21.4. The second-order valence-electron chi connectivity index (χ2n) is 17.4. The number of nitrogens with zero attached hydrogens (tertiary/aromatic N) is 7. The van der Waals surface area contributed by atoms with Crippen molar-refractivity contribution in [1.29, 1.82) is 0 Å². The molecule has 1 aromatic carbocycles. The normalized spacial score (nSPS) is 26.5. The smallest absolute Gasteiger partial charge is 0.324 e. The number of aromatic nitrogens is 5. The van der Waals surface area contributed by atoms with Gasteiger partial charge in [-0.3, -0.25) is 14.6 Å². The van der Waals surface area contributed by atoms with Gasteiger partial charge in [-0.05, 0) is 62.9 Å². The van der Waals surface area contributed by atoms with Crippen LogP contribution in [0.4, 0.5) is 5.69 Å². The predicted molar refractivity (Wildman–Crippen MR) is 226 cm³/mol. The van der Waals surface area contributed by atoms with Gasteiger partial charge in [-0.2, -0.15) is 5.10 Å². The summed E-state index contributed by atoms with van der Waals surface area (Å²) >= 11 is 0. The number of nitrogens with one attached hydrogen (secondary N) is 3. The number of esters is 1. The van der Waals surface area contributed by atoms with E-state index in [4.69, 9.17) is 24.5 Å². The van der Waals surface area contributed by atoms with E-state index in [-0.39, 0.29) is 31.0 Å². The van der Waals surface area contributed by atoms with Gasteiger partial charge in [-0.25, -0.2) is 20.1 Å². The summed E-state index contributed by atoms with van der Waals surface area (Å²) < 4.78 is 16.2. The molecule has 2 saturated heterocycles. The average molecular weight is 822 g/mol. The van der Waals surface area contributed by atoms with E-state index in [1.54, 1.807) is 16.8 Å². The molecule has 15 nitrogen and oxygen atoms in total. The Labute approximate surface area is 349 Å². The van der Waals surface area contributed by atoms with Gasteiger partial charge in [0.25, 0.3) is 0 Å². The number of cyclic esters (lactones) is 1. The Hall–Kier alpha value is -4.45. The highest BCUT2D eigenvalue weighted by molar-refractivity contribution is 6.18. The van der Waals surface area contributed by atoms with Crippen LogP contribution in [0.2, 0.25) is 0 Å². The number of rotatable bonds is 7. The summed E-state index contributed by atoms with van der Waals surface area (Å²) in [5, 5.41) is 24.6. The van der Waals surface area contributed by atoms with Crippen LogP contribution in [0.1, 0.15) is 70.6 Å². The zero-order valence-electron chi connectivity index (χ0n) is 35.3. The molecule has 0 saturated carbocycles. The summed E-state index contributed by atoms with van der Waals surface area (Å²) in [6, 6.07) is 7.99. The van der Waals surface area contributed by atoms with Crippen LogP contribution in [-0.2, 0) is 45.5 Å². The minimum Gasteiger partial charge on any atom is -0.464 e. The van der Waals surface area contributed by atoms with Crippen LogP contribution >= 0.6 is 0 Å². The lowest BCUT2D eigenvalue weighted by molar-refractivity contribution is -0.157. The molecule has 2 fully saturated rings. The molecule has 59 heavy (non-hydrogen) atoms. The number of aryl methyl sites for hydroxylation is 2. The monoisotopic (exact) mass is 821 g/mol. The van der Waals surface area contributed by atoms with Crippen LogP contribution in [0.25, 0.3) is 33.5 Å². The molecule has 3 aromatic heterocycles. The van der Waals surface area contributed by atoms with Gasteiger partial charge in [-0.1, -0.05) is 26.8 Å². The first kappa shape index (κ1) is 41.3. The largest absolute Gasteiger partial charge is 0.464 e. The topological polar surface area (TPSA) is 164 Å². The summed E-state index contributed by atoms with van der Waals surface area (Å²) in [6.07, 6.45) is 4.08. The molecular weight excluding hydrogens is 765 g/mol. The van der Waals surface area contributed by atoms with E-state index in [9.17, 15) is 14.7 Å². The maximum atomic E-state index is 13.9. The number of carbonyl (C=O) groups is 2. The molecule has 3 radical (unpaired) electrons. The highest BCUT2D eigenvalue weighted by atomic mass is 28.1. The molecule has 3 aliphatic heterocycles. The molecule has 4 aromatic rings. The number of piperazine rings is 1. The van der Waals surface area contributed by atoms with Crippen LogP contribution in [0, 0.1) is 11.3 Å². The number of aliphatic hydroxyl groups is 1. The molecule has 313 valence electrons. The fraction of sp³-hybridized carbons (Fsp3) is 0.558. The van der Waals surface area contributed by atoms with E-state index >= 15 is 0 Å². The van der Waals surface area contributed by atoms with Gasteiger partial charge >= 0.3 is 5.97 Å².